The van der Waals surface area contributed by atoms with Crippen molar-refractivity contribution in [1.29, 1.82) is 0 Å². The van der Waals surface area contributed by atoms with Gasteiger partial charge in [0.15, 0.2) is 0 Å². The molecular formula is C22H32O5. The molecule has 4 N–H and O–H groups in total. The molecule has 27 heavy (non-hydrogen) atoms. The van der Waals surface area contributed by atoms with Crippen molar-refractivity contribution in [2.24, 2.45) is 0 Å². The first-order chi connectivity index (χ1) is 13.0. The van der Waals surface area contributed by atoms with Gasteiger partial charge in [0.2, 0.25) is 0 Å². The fourth-order valence-corrected chi connectivity index (χ4v) is 1.94. The van der Waals surface area contributed by atoms with Crippen LogP contribution in [-0.4, -0.2) is 44.7 Å². The second kappa shape index (κ2) is 17.2. The summed E-state index contributed by atoms with van der Waals surface area (Å²) >= 11 is 0. The molecule has 0 radical (unpaired) electrons. The largest absolute Gasteiger partial charge is 0.481 e. The molecule has 0 fully saturated rings. The van der Waals surface area contributed by atoms with E-state index in [0.717, 1.165) is 6.42 Å². The standard InChI is InChI=1S/C22H32O5/c1-2-3-9-16-20(24)21(25)17-12-7-5-4-6-10-14-19(23)15-11-8-13-18-22(26)27/h3-12,14,17,19-21,23-25H,2,13,15-16,18H2,1H3,(H,26,27)/t19-,20-,21?/m0/s1. The molecular weight excluding hydrogens is 344 g/mol. The molecule has 0 saturated carbocycles. The predicted octanol–water partition coefficient (Wildman–Crippen LogP) is 3.46. The lowest BCUT2D eigenvalue weighted by molar-refractivity contribution is -0.136. The topological polar surface area (TPSA) is 98.0 Å². The molecule has 0 aliphatic rings. The number of carbonyl (C=O) groups is 1. The molecule has 0 rings (SSSR count). The van der Waals surface area contributed by atoms with E-state index in [0.29, 0.717) is 19.3 Å². The fourth-order valence-electron chi connectivity index (χ4n) is 1.94. The van der Waals surface area contributed by atoms with Gasteiger partial charge in [0, 0.05) is 6.42 Å². The highest BCUT2D eigenvalue weighted by Crippen LogP contribution is 2.03. The average Bonchev–Trinajstić information content (AvgIpc) is 2.63. The van der Waals surface area contributed by atoms with Gasteiger partial charge in [-0.25, -0.2) is 0 Å². The molecule has 3 atom stereocenters. The van der Waals surface area contributed by atoms with Crippen LogP contribution in [0.25, 0.3) is 0 Å². The Morgan fingerprint density at radius 1 is 0.815 bits per heavy atom. The van der Waals surface area contributed by atoms with E-state index in [4.69, 9.17) is 5.11 Å². The van der Waals surface area contributed by atoms with Crippen LogP contribution >= 0.6 is 0 Å². The van der Waals surface area contributed by atoms with Gasteiger partial charge in [0.05, 0.1) is 18.3 Å². The Bertz CT molecular complexity index is 555. The Balaban J connectivity index is 4.03. The first kappa shape index (κ1) is 24.8. The fraction of sp³-hybridized carbons (Fsp3) is 0.409. The lowest BCUT2D eigenvalue weighted by atomic mass is 10.1. The zero-order chi connectivity index (χ0) is 20.3. The minimum Gasteiger partial charge on any atom is -0.481 e. The quantitative estimate of drug-likeness (QED) is 0.275. The van der Waals surface area contributed by atoms with Crippen molar-refractivity contribution in [3.05, 3.63) is 72.9 Å². The summed E-state index contributed by atoms with van der Waals surface area (Å²) in [4.78, 5) is 10.3. The van der Waals surface area contributed by atoms with Crippen LogP contribution in [0.5, 0.6) is 0 Å². The van der Waals surface area contributed by atoms with E-state index < -0.39 is 24.3 Å². The SMILES string of the molecule is CCC=CC[C@H](O)C(O)C=CC=CC=CC=C[C@H](O)CC=CCCC(=O)O. The molecule has 0 aromatic heterocycles. The van der Waals surface area contributed by atoms with E-state index >= 15 is 0 Å². The first-order valence-electron chi connectivity index (χ1n) is 9.21. The Hall–Kier alpha value is -2.21. The van der Waals surface area contributed by atoms with Crippen LogP contribution in [0, 0.1) is 0 Å². The van der Waals surface area contributed by atoms with Crippen LogP contribution in [-0.2, 0) is 4.79 Å². The molecule has 0 amide bonds. The molecule has 5 nitrogen and oxygen atoms in total. The smallest absolute Gasteiger partial charge is 0.303 e. The summed E-state index contributed by atoms with van der Waals surface area (Å²) in [6.07, 6.45) is 21.0. The molecule has 1 unspecified atom stereocenters. The van der Waals surface area contributed by atoms with Crippen molar-refractivity contribution in [2.75, 3.05) is 0 Å². The number of allylic oxidation sites excluding steroid dienone is 8. The van der Waals surface area contributed by atoms with Crippen LogP contribution in [0.3, 0.4) is 0 Å². The summed E-state index contributed by atoms with van der Waals surface area (Å²) in [6, 6.07) is 0. The maximum Gasteiger partial charge on any atom is 0.303 e. The average molecular weight is 376 g/mol. The van der Waals surface area contributed by atoms with Gasteiger partial charge in [-0.3, -0.25) is 4.79 Å². The van der Waals surface area contributed by atoms with Gasteiger partial charge in [-0.05, 0) is 25.7 Å². The minimum atomic E-state index is -0.904. The van der Waals surface area contributed by atoms with Gasteiger partial charge < -0.3 is 20.4 Å². The Morgan fingerprint density at radius 2 is 1.41 bits per heavy atom. The minimum absolute atomic E-state index is 0.0951. The normalized spacial score (nSPS) is 16.6. The molecule has 0 bridgehead atoms. The number of aliphatic hydroxyl groups is 3. The number of carboxylic acid groups (broad SMARTS) is 1. The van der Waals surface area contributed by atoms with Gasteiger partial charge in [-0.1, -0.05) is 79.8 Å². The number of aliphatic hydroxyl groups excluding tert-OH is 3. The van der Waals surface area contributed by atoms with E-state index in [9.17, 15) is 20.1 Å². The van der Waals surface area contributed by atoms with Gasteiger partial charge >= 0.3 is 5.97 Å². The Morgan fingerprint density at radius 3 is 2.04 bits per heavy atom. The third kappa shape index (κ3) is 17.0. The second-order valence-corrected chi connectivity index (χ2v) is 5.92. The van der Waals surface area contributed by atoms with Crippen molar-refractivity contribution >= 4 is 5.97 Å². The van der Waals surface area contributed by atoms with E-state index in [1.165, 1.54) is 6.08 Å². The van der Waals surface area contributed by atoms with E-state index in [-0.39, 0.29) is 6.42 Å². The number of hydrogen-bond donors (Lipinski definition) is 4. The van der Waals surface area contributed by atoms with Crippen LogP contribution in [0.1, 0.15) is 39.0 Å². The molecule has 150 valence electrons. The lowest BCUT2D eigenvalue weighted by Gasteiger charge is -2.11. The van der Waals surface area contributed by atoms with Crippen molar-refractivity contribution in [1.82, 2.24) is 0 Å². The summed E-state index contributed by atoms with van der Waals surface area (Å²) < 4.78 is 0. The lowest BCUT2D eigenvalue weighted by Crippen LogP contribution is -2.22. The van der Waals surface area contributed by atoms with Crippen LogP contribution in [0.4, 0.5) is 0 Å². The monoisotopic (exact) mass is 376 g/mol. The maximum atomic E-state index is 10.3. The summed E-state index contributed by atoms with van der Waals surface area (Å²) in [5, 5.41) is 37.7. The third-order valence-corrected chi connectivity index (χ3v) is 3.44. The molecule has 0 heterocycles. The maximum absolute atomic E-state index is 10.3. The van der Waals surface area contributed by atoms with Gasteiger partial charge in [-0.15, -0.1) is 0 Å². The van der Waals surface area contributed by atoms with Crippen LogP contribution < -0.4 is 0 Å². The van der Waals surface area contributed by atoms with E-state index in [1.54, 1.807) is 54.7 Å². The van der Waals surface area contributed by atoms with Gasteiger partial charge in [-0.2, -0.15) is 0 Å². The van der Waals surface area contributed by atoms with Crippen molar-refractivity contribution in [3.63, 3.8) is 0 Å². The number of carboxylic acids is 1. The summed E-state index contributed by atoms with van der Waals surface area (Å²) in [6.45, 7) is 2.01. The van der Waals surface area contributed by atoms with E-state index in [1.807, 2.05) is 19.1 Å². The number of hydrogen-bond acceptors (Lipinski definition) is 4. The van der Waals surface area contributed by atoms with Crippen molar-refractivity contribution in [3.8, 4) is 0 Å². The highest BCUT2D eigenvalue weighted by Gasteiger charge is 2.10. The molecule has 0 aliphatic carbocycles. The number of rotatable bonds is 14. The summed E-state index contributed by atoms with van der Waals surface area (Å²) in [5.74, 6) is -0.831. The van der Waals surface area contributed by atoms with E-state index in [2.05, 4.69) is 0 Å². The zero-order valence-electron chi connectivity index (χ0n) is 15.9. The highest BCUT2D eigenvalue weighted by molar-refractivity contribution is 5.66. The zero-order valence-corrected chi connectivity index (χ0v) is 15.9. The predicted molar refractivity (Wildman–Crippen MR) is 109 cm³/mol. The Labute approximate surface area is 162 Å². The van der Waals surface area contributed by atoms with Gasteiger partial charge in [0.25, 0.3) is 0 Å². The molecule has 0 aromatic carbocycles. The van der Waals surface area contributed by atoms with Crippen molar-refractivity contribution in [2.45, 2.75) is 57.3 Å². The summed E-state index contributed by atoms with van der Waals surface area (Å²) in [7, 11) is 0. The molecule has 0 aromatic rings. The molecule has 0 saturated heterocycles. The summed E-state index contributed by atoms with van der Waals surface area (Å²) in [5.41, 5.74) is 0. The molecule has 0 aliphatic heterocycles. The second-order valence-electron chi connectivity index (χ2n) is 5.92. The molecule has 5 heteroatoms. The first-order valence-corrected chi connectivity index (χ1v) is 9.21. The van der Waals surface area contributed by atoms with Crippen LogP contribution in [0.15, 0.2) is 72.9 Å². The van der Waals surface area contributed by atoms with Crippen molar-refractivity contribution < 1.29 is 25.2 Å². The third-order valence-electron chi connectivity index (χ3n) is 3.44. The van der Waals surface area contributed by atoms with Gasteiger partial charge in [0.1, 0.15) is 0 Å². The Kier molecular flexibility index (Phi) is 15.8. The molecule has 0 spiro atoms. The number of aliphatic carboxylic acids is 1. The highest BCUT2D eigenvalue weighted by atomic mass is 16.4. The van der Waals surface area contributed by atoms with Crippen LogP contribution in [0.2, 0.25) is 0 Å².